The molecule has 1 aliphatic carbocycles. The average Bonchev–Trinajstić information content (AvgIpc) is 2.38. The summed E-state index contributed by atoms with van der Waals surface area (Å²) >= 11 is 0. The molecular formula is C16H23N. The molecule has 1 aromatic rings. The van der Waals surface area contributed by atoms with Crippen LogP contribution in [0.15, 0.2) is 36.4 Å². The van der Waals surface area contributed by atoms with Gasteiger partial charge < -0.3 is 5.32 Å². The first kappa shape index (κ1) is 12.4. The molecule has 2 rings (SSSR count). The first-order valence-electron chi connectivity index (χ1n) is 6.70. The highest BCUT2D eigenvalue weighted by molar-refractivity contribution is 5.23. The van der Waals surface area contributed by atoms with E-state index in [1.807, 2.05) is 0 Å². The zero-order valence-corrected chi connectivity index (χ0v) is 10.9. The molecule has 1 aromatic carbocycles. The number of allylic oxidation sites excluding steroid dienone is 2. The number of nitrogens with one attached hydrogen (secondary N) is 1. The third-order valence-corrected chi connectivity index (χ3v) is 3.67. The summed E-state index contributed by atoms with van der Waals surface area (Å²) in [5, 5.41) is 3.65. The van der Waals surface area contributed by atoms with Gasteiger partial charge in [-0.15, -0.1) is 0 Å². The van der Waals surface area contributed by atoms with E-state index in [1.165, 1.54) is 30.4 Å². The summed E-state index contributed by atoms with van der Waals surface area (Å²) in [5.74, 6) is 0.827. The van der Waals surface area contributed by atoms with Crippen LogP contribution in [0.2, 0.25) is 0 Å². The van der Waals surface area contributed by atoms with Crippen LogP contribution in [0.5, 0.6) is 0 Å². The Labute approximate surface area is 105 Å². The standard InChI is InChI=1S/C16H23N/c1-13-8-10-16(11-9-13)14(2)17-12-15-6-4-3-5-7-15/h3-4,8-11,14-15,17H,5-7,12H2,1-2H3. The second-order valence-corrected chi connectivity index (χ2v) is 5.19. The molecule has 0 heterocycles. The Morgan fingerprint density at radius 1 is 1.24 bits per heavy atom. The molecule has 0 amide bonds. The van der Waals surface area contributed by atoms with Crippen molar-refractivity contribution < 1.29 is 0 Å². The predicted molar refractivity (Wildman–Crippen MR) is 74.1 cm³/mol. The zero-order chi connectivity index (χ0) is 12.1. The molecule has 1 N–H and O–H groups in total. The van der Waals surface area contributed by atoms with E-state index in [0.717, 1.165) is 12.5 Å². The van der Waals surface area contributed by atoms with Crippen LogP contribution in [0, 0.1) is 12.8 Å². The van der Waals surface area contributed by atoms with E-state index in [9.17, 15) is 0 Å². The second kappa shape index (κ2) is 6.02. The summed E-state index contributed by atoms with van der Waals surface area (Å²) in [6, 6.07) is 9.30. The highest BCUT2D eigenvalue weighted by atomic mass is 14.9. The van der Waals surface area contributed by atoms with Gasteiger partial charge in [-0.3, -0.25) is 0 Å². The van der Waals surface area contributed by atoms with Gasteiger partial charge in [0, 0.05) is 6.04 Å². The van der Waals surface area contributed by atoms with Gasteiger partial charge in [-0.1, -0.05) is 42.0 Å². The minimum Gasteiger partial charge on any atom is -0.310 e. The molecule has 2 unspecified atom stereocenters. The highest BCUT2D eigenvalue weighted by Crippen LogP contribution is 2.19. The lowest BCUT2D eigenvalue weighted by molar-refractivity contribution is 0.415. The molecular weight excluding hydrogens is 206 g/mol. The third-order valence-electron chi connectivity index (χ3n) is 3.67. The highest BCUT2D eigenvalue weighted by Gasteiger charge is 2.11. The van der Waals surface area contributed by atoms with Crippen molar-refractivity contribution in [2.75, 3.05) is 6.54 Å². The Bertz CT molecular complexity index is 364. The third kappa shape index (κ3) is 3.71. The molecule has 0 radical (unpaired) electrons. The fourth-order valence-corrected chi connectivity index (χ4v) is 2.36. The summed E-state index contributed by atoms with van der Waals surface area (Å²) in [5.41, 5.74) is 2.72. The van der Waals surface area contributed by atoms with Crippen LogP contribution in [-0.4, -0.2) is 6.54 Å². The monoisotopic (exact) mass is 229 g/mol. The van der Waals surface area contributed by atoms with Gasteiger partial charge in [0.15, 0.2) is 0 Å². The summed E-state index contributed by atoms with van der Waals surface area (Å²) in [6.45, 7) is 5.53. The van der Waals surface area contributed by atoms with Gasteiger partial charge in [-0.05, 0) is 51.1 Å². The maximum absolute atomic E-state index is 3.65. The fraction of sp³-hybridized carbons (Fsp3) is 0.500. The van der Waals surface area contributed by atoms with Gasteiger partial charge in [-0.2, -0.15) is 0 Å². The Morgan fingerprint density at radius 2 is 2.00 bits per heavy atom. The molecule has 0 spiro atoms. The fourth-order valence-electron chi connectivity index (χ4n) is 2.36. The van der Waals surface area contributed by atoms with Crippen molar-refractivity contribution in [3.05, 3.63) is 47.5 Å². The molecule has 92 valence electrons. The zero-order valence-electron chi connectivity index (χ0n) is 10.9. The smallest absolute Gasteiger partial charge is 0.0291 e. The first-order valence-corrected chi connectivity index (χ1v) is 6.70. The molecule has 0 aliphatic heterocycles. The minimum atomic E-state index is 0.460. The van der Waals surface area contributed by atoms with Crippen LogP contribution < -0.4 is 5.32 Å². The Kier molecular flexibility index (Phi) is 4.38. The largest absolute Gasteiger partial charge is 0.310 e. The lowest BCUT2D eigenvalue weighted by Crippen LogP contribution is -2.26. The van der Waals surface area contributed by atoms with Crippen molar-refractivity contribution in [1.82, 2.24) is 5.32 Å². The molecule has 2 atom stereocenters. The normalized spacial score (nSPS) is 21.4. The van der Waals surface area contributed by atoms with Crippen molar-refractivity contribution in [2.45, 2.75) is 39.2 Å². The molecule has 0 aromatic heterocycles. The van der Waals surface area contributed by atoms with Crippen molar-refractivity contribution in [1.29, 1.82) is 0 Å². The van der Waals surface area contributed by atoms with Crippen molar-refractivity contribution in [3.8, 4) is 0 Å². The van der Waals surface area contributed by atoms with E-state index in [0.29, 0.717) is 6.04 Å². The van der Waals surface area contributed by atoms with E-state index in [1.54, 1.807) is 0 Å². The Balaban J connectivity index is 1.82. The van der Waals surface area contributed by atoms with Gasteiger partial charge in [-0.25, -0.2) is 0 Å². The molecule has 0 saturated carbocycles. The number of benzene rings is 1. The predicted octanol–water partition coefficient (Wildman–Crippen LogP) is 4.00. The quantitative estimate of drug-likeness (QED) is 0.769. The number of rotatable bonds is 4. The Morgan fingerprint density at radius 3 is 2.65 bits per heavy atom. The lowest BCUT2D eigenvalue weighted by atomic mass is 9.94. The number of hydrogen-bond donors (Lipinski definition) is 1. The van der Waals surface area contributed by atoms with Gasteiger partial charge in [0.05, 0.1) is 0 Å². The van der Waals surface area contributed by atoms with Crippen LogP contribution in [0.1, 0.15) is 43.4 Å². The average molecular weight is 229 g/mol. The summed E-state index contributed by atoms with van der Waals surface area (Å²) in [4.78, 5) is 0. The van der Waals surface area contributed by atoms with Gasteiger partial charge in [0.25, 0.3) is 0 Å². The van der Waals surface area contributed by atoms with Gasteiger partial charge in [0.2, 0.25) is 0 Å². The van der Waals surface area contributed by atoms with Gasteiger partial charge >= 0.3 is 0 Å². The molecule has 1 heteroatoms. The minimum absolute atomic E-state index is 0.460. The van der Waals surface area contributed by atoms with Crippen molar-refractivity contribution in [3.63, 3.8) is 0 Å². The van der Waals surface area contributed by atoms with Crippen LogP contribution in [0.25, 0.3) is 0 Å². The Hall–Kier alpha value is -1.08. The number of hydrogen-bond acceptors (Lipinski definition) is 1. The van der Waals surface area contributed by atoms with Crippen molar-refractivity contribution >= 4 is 0 Å². The molecule has 0 saturated heterocycles. The van der Waals surface area contributed by atoms with Crippen molar-refractivity contribution in [2.24, 2.45) is 5.92 Å². The molecule has 0 fully saturated rings. The first-order chi connectivity index (χ1) is 8.25. The van der Waals surface area contributed by atoms with E-state index < -0.39 is 0 Å². The molecule has 1 aliphatic rings. The van der Waals surface area contributed by atoms with E-state index in [2.05, 4.69) is 55.6 Å². The maximum Gasteiger partial charge on any atom is 0.0291 e. The second-order valence-electron chi connectivity index (χ2n) is 5.19. The molecule has 0 bridgehead atoms. The van der Waals surface area contributed by atoms with Crippen LogP contribution in [-0.2, 0) is 0 Å². The molecule has 17 heavy (non-hydrogen) atoms. The molecule has 1 nitrogen and oxygen atoms in total. The van der Waals surface area contributed by atoms with Gasteiger partial charge in [0.1, 0.15) is 0 Å². The van der Waals surface area contributed by atoms with E-state index >= 15 is 0 Å². The van der Waals surface area contributed by atoms with Crippen LogP contribution >= 0.6 is 0 Å². The number of aryl methyl sites for hydroxylation is 1. The van der Waals surface area contributed by atoms with E-state index in [4.69, 9.17) is 0 Å². The summed E-state index contributed by atoms with van der Waals surface area (Å²) in [7, 11) is 0. The summed E-state index contributed by atoms with van der Waals surface area (Å²) < 4.78 is 0. The lowest BCUT2D eigenvalue weighted by Gasteiger charge is -2.21. The maximum atomic E-state index is 3.65. The van der Waals surface area contributed by atoms with Crippen LogP contribution in [0.3, 0.4) is 0 Å². The van der Waals surface area contributed by atoms with E-state index in [-0.39, 0.29) is 0 Å². The summed E-state index contributed by atoms with van der Waals surface area (Å²) in [6.07, 6.45) is 8.47. The SMILES string of the molecule is Cc1ccc(C(C)NCC2CC=CCC2)cc1. The van der Waals surface area contributed by atoms with Crippen LogP contribution in [0.4, 0.5) is 0 Å². The topological polar surface area (TPSA) is 12.0 Å².